The monoisotopic (exact) mass is 646 g/mol. The minimum absolute atomic E-state index is 0.882. The van der Waals surface area contributed by atoms with Crippen molar-refractivity contribution in [3.63, 3.8) is 0 Å². The third-order valence-corrected chi connectivity index (χ3v) is 10.9. The molecule has 1 aliphatic rings. The minimum atomic E-state index is 0.882. The molecule has 0 atom stereocenters. The van der Waals surface area contributed by atoms with Crippen molar-refractivity contribution >= 4 is 43.5 Å². The van der Waals surface area contributed by atoms with Gasteiger partial charge in [-0.25, -0.2) is 0 Å². The van der Waals surface area contributed by atoms with Crippen LogP contribution in [0.15, 0.2) is 186 Å². The molecule has 0 N–H and O–H groups in total. The first-order valence-electron chi connectivity index (χ1n) is 17.6. The lowest BCUT2D eigenvalue weighted by Crippen LogP contribution is -1.98. The molecule has 0 amide bonds. The Morgan fingerprint density at radius 1 is 0.235 bits per heavy atom. The van der Waals surface area contributed by atoms with Gasteiger partial charge in [-0.05, 0) is 100 Å². The summed E-state index contributed by atoms with van der Waals surface area (Å²) in [6.45, 7) is 0. The predicted molar refractivity (Wildman–Crippen MR) is 215 cm³/mol. The highest BCUT2D eigenvalue weighted by molar-refractivity contribution is 6.26. The van der Waals surface area contributed by atoms with Crippen molar-refractivity contribution in [3.05, 3.63) is 182 Å². The van der Waals surface area contributed by atoms with Crippen molar-refractivity contribution in [2.24, 2.45) is 0 Å². The summed E-state index contributed by atoms with van der Waals surface area (Å²) in [5.41, 5.74) is 16.6. The zero-order valence-corrected chi connectivity index (χ0v) is 27.7. The molecule has 9 aromatic carbocycles. The van der Waals surface area contributed by atoms with Gasteiger partial charge in [0.1, 0.15) is 11.2 Å². The molecule has 11 rings (SSSR count). The van der Waals surface area contributed by atoms with E-state index in [1.807, 2.05) is 0 Å². The van der Waals surface area contributed by atoms with Gasteiger partial charge in [0.15, 0.2) is 0 Å². The van der Waals surface area contributed by atoms with Crippen LogP contribution in [0.5, 0.6) is 0 Å². The lowest BCUT2D eigenvalue weighted by atomic mass is 9.78. The van der Waals surface area contributed by atoms with E-state index in [-0.39, 0.29) is 0 Å². The molecule has 1 aliphatic carbocycles. The average molecular weight is 647 g/mol. The Balaban J connectivity index is 1.25. The van der Waals surface area contributed by atoms with Crippen LogP contribution in [0, 0.1) is 0 Å². The van der Waals surface area contributed by atoms with E-state index in [2.05, 4.69) is 182 Å². The molecule has 0 saturated carbocycles. The highest BCUT2D eigenvalue weighted by Gasteiger charge is 2.25. The Kier molecular flexibility index (Phi) is 6.02. The topological polar surface area (TPSA) is 13.1 Å². The first-order chi connectivity index (χ1) is 25.3. The van der Waals surface area contributed by atoms with Gasteiger partial charge >= 0.3 is 0 Å². The summed E-state index contributed by atoms with van der Waals surface area (Å²) in [5, 5.41) is 7.06. The molecule has 1 heteroatoms. The van der Waals surface area contributed by atoms with Crippen molar-refractivity contribution in [1.82, 2.24) is 0 Å². The Morgan fingerprint density at radius 3 is 1.22 bits per heavy atom. The highest BCUT2D eigenvalue weighted by atomic mass is 16.3. The predicted octanol–water partition coefficient (Wildman–Crippen LogP) is 14.2. The fourth-order valence-electron chi connectivity index (χ4n) is 8.72. The Bertz CT molecular complexity index is 3010. The summed E-state index contributed by atoms with van der Waals surface area (Å²) >= 11 is 0. The first kappa shape index (κ1) is 28.2. The summed E-state index contributed by atoms with van der Waals surface area (Å²) in [4.78, 5) is 0. The molecule has 0 bridgehead atoms. The Labute approximate surface area is 295 Å². The zero-order chi connectivity index (χ0) is 33.5. The molecule has 1 aromatic heterocycles. The van der Waals surface area contributed by atoms with Crippen molar-refractivity contribution < 1.29 is 4.42 Å². The van der Waals surface area contributed by atoms with E-state index < -0.39 is 0 Å². The first-order valence-corrected chi connectivity index (χ1v) is 17.6. The van der Waals surface area contributed by atoms with Crippen LogP contribution in [0.3, 0.4) is 0 Å². The second-order valence-corrected chi connectivity index (χ2v) is 13.5. The molecule has 236 valence electrons. The van der Waals surface area contributed by atoms with Crippen LogP contribution in [-0.4, -0.2) is 0 Å². The minimum Gasteiger partial charge on any atom is -0.456 e. The Hall–Kier alpha value is -6.70. The van der Waals surface area contributed by atoms with Gasteiger partial charge in [0.25, 0.3) is 0 Å². The van der Waals surface area contributed by atoms with Gasteiger partial charge in [-0.3, -0.25) is 0 Å². The number of hydrogen-bond acceptors (Lipinski definition) is 1. The number of hydrogen-bond donors (Lipinski definition) is 0. The second-order valence-electron chi connectivity index (χ2n) is 13.5. The van der Waals surface area contributed by atoms with E-state index >= 15 is 0 Å². The third kappa shape index (κ3) is 4.09. The summed E-state index contributed by atoms with van der Waals surface area (Å²) < 4.78 is 6.92. The molecule has 0 aliphatic heterocycles. The molecular weight excluding hydrogens is 617 g/mol. The van der Waals surface area contributed by atoms with Gasteiger partial charge in [0, 0.05) is 10.8 Å². The van der Waals surface area contributed by atoms with E-state index in [9.17, 15) is 0 Å². The second kappa shape index (κ2) is 10.9. The summed E-state index contributed by atoms with van der Waals surface area (Å²) in [7, 11) is 0. The lowest BCUT2D eigenvalue weighted by molar-refractivity contribution is 0.664. The number of rotatable bonds is 2. The van der Waals surface area contributed by atoms with Gasteiger partial charge in [0.05, 0.1) is 0 Å². The van der Waals surface area contributed by atoms with E-state index in [1.165, 1.54) is 88.3 Å². The maximum atomic E-state index is 6.92. The maximum Gasteiger partial charge on any atom is 0.135 e. The molecule has 10 aromatic rings. The van der Waals surface area contributed by atoms with E-state index in [1.54, 1.807) is 0 Å². The third-order valence-electron chi connectivity index (χ3n) is 10.9. The van der Waals surface area contributed by atoms with Crippen LogP contribution in [-0.2, 0) is 0 Å². The smallest absolute Gasteiger partial charge is 0.135 e. The molecule has 0 unspecified atom stereocenters. The Morgan fingerprint density at radius 2 is 0.627 bits per heavy atom. The van der Waals surface area contributed by atoms with Crippen molar-refractivity contribution in [1.29, 1.82) is 0 Å². The molecule has 0 fully saturated rings. The van der Waals surface area contributed by atoms with E-state index in [4.69, 9.17) is 4.42 Å². The fourth-order valence-corrected chi connectivity index (χ4v) is 8.72. The highest BCUT2D eigenvalue weighted by Crippen LogP contribution is 2.51. The van der Waals surface area contributed by atoms with Crippen LogP contribution < -0.4 is 0 Å². The molecule has 0 spiro atoms. The van der Waals surface area contributed by atoms with Crippen LogP contribution in [0.25, 0.3) is 110 Å². The van der Waals surface area contributed by atoms with E-state index in [0.717, 1.165) is 21.9 Å². The average Bonchev–Trinajstić information content (AvgIpc) is 3.34. The van der Waals surface area contributed by atoms with Crippen molar-refractivity contribution in [2.75, 3.05) is 0 Å². The van der Waals surface area contributed by atoms with Gasteiger partial charge in [-0.2, -0.15) is 0 Å². The van der Waals surface area contributed by atoms with Crippen molar-refractivity contribution in [2.45, 2.75) is 0 Å². The van der Waals surface area contributed by atoms with Crippen molar-refractivity contribution in [3.8, 4) is 66.8 Å². The molecule has 1 nitrogen and oxygen atoms in total. The summed E-state index contributed by atoms with van der Waals surface area (Å²) in [6.07, 6.45) is 0. The number of fused-ring (bicyclic) bond motifs is 9. The zero-order valence-electron chi connectivity index (χ0n) is 27.7. The standard InChI is InChI=1S/C50H30O/c1-2-13-31(14-3-1)32-27-29-46-49-39(32)21-10-25-44(49)45-26-12-24-43-38(28-30-47(51-46)50(43)45)42-23-11-22-41-37-18-7-6-17-35(37)33-15-4-5-16-34(33)36-19-8-9-20-40(36)48(41)42/h1-30H. The SMILES string of the molecule is c1ccc(-c2ccc3oc4ccc(-c5cccc6c5-c5ccccc5-c5ccccc5-c5ccccc5-6)c5cccc(c6cccc2c36)c45)cc1. The summed E-state index contributed by atoms with van der Waals surface area (Å²) in [6, 6.07) is 66.3. The van der Waals surface area contributed by atoms with Crippen LogP contribution in [0.4, 0.5) is 0 Å². The molecular formula is C50H30O. The van der Waals surface area contributed by atoms with Gasteiger partial charge < -0.3 is 4.42 Å². The fraction of sp³-hybridized carbons (Fsp3) is 0. The molecule has 1 heterocycles. The van der Waals surface area contributed by atoms with Crippen LogP contribution >= 0.6 is 0 Å². The summed E-state index contributed by atoms with van der Waals surface area (Å²) in [5.74, 6) is 0. The van der Waals surface area contributed by atoms with Gasteiger partial charge in [0.2, 0.25) is 0 Å². The normalized spacial score (nSPS) is 11.9. The molecule has 51 heavy (non-hydrogen) atoms. The van der Waals surface area contributed by atoms with Gasteiger partial charge in [-0.15, -0.1) is 0 Å². The number of benzene rings is 9. The molecule has 0 radical (unpaired) electrons. The molecule has 0 saturated heterocycles. The lowest BCUT2D eigenvalue weighted by Gasteiger charge is -2.25. The largest absolute Gasteiger partial charge is 0.456 e. The van der Waals surface area contributed by atoms with E-state index in [0.29, 0.717) is 0 Å². The maximum absolute atomic E-state index is 6.92. The van der Waals surface area contributed by atoms with Crippen LogP contribution in [0.1, 0.15) is 0 Å². The quantitative estimate of drug-likeness (QED) is 0.182. The van der Waals surface area contributed by atoms with Gasteiger partial charge in [-0.1, -0.05) is 170 Å². The van der Waals surface area contributed by atoms with Crippen LogP contribution in [0.2, 0.25) is 0 Å².